The third-order valence-electron chi connectivity index (χ3n) is 3.39. The summed E-state index contributed by atoms with van der Waals surface area (Å²) < 4.78 is 9.98. The van der Waals surface area contributed by atoms with Crippen molar-refractivity contribution in [3.05, 3.63) is 29.8 Å². The Kier molecular flexibility index (Phi) is 6.69. The monoisotopic (exact) mass is 309 g/mol. The van der Waals surface area contributed by atoms with Crippen LogP contribution in [0.1, 0.15) is 32.4 Å². The van der Waals surface area contributed by atoms with Crippen LogP contribution in [0.4, 0.5) is 4.79 Å². The van der Waals surface area contributed by atoms with E-state index in [1.54, 1.807) is 38.3 Å². The van der Waals surface area contributed by atoms with Crippen LogP contribution < -0.4 is 10.1 Å². The smallest absolute Gasteiger partial charge is 0.407 e. The number of rotatable bonds is 7. The predicted molar refractivity (Wildman–Crippen MR) is 81.9 cm³/mol. The van der Waals surface area contributed by atoms with Gasteiger partial charge in [-0.05, 0) is 30.5 Å². The van der Waals surface area contributed by atoms with E-state index in [9.17, 15) is 14.7 Å². The van der Waals surface area contributed by atoms with Crippen LogP contribution >= 0.6 is 0 Å². The average molecular weight is 309 g/mol. The Hall–Kier alpha value is -2.24. The molecule has 6 heteroatoms. The molecule has 2 N–H and O–H groups in total. The lowest BCUT2D eigenvalue weighted by Crippen LogP contribution is -2.39. The fourth-order valence-electron chi connectivity index (χ4n) is 2.30. The van der Waals surface area contributed by atoms with E-state index in [1.165, 1.54) is 0 Å². The third-order valence-corrected chi connectivity index (χ3v) is 3.39. The van der Waals surface area contributed by atoms with Crippen molar-refractivity contribution in [1.82, 2.24) is 5.32 Å². The van der Waals surface area contributed by atoms with Crippen molar-refractivity contribution in [2.24, 2.45) is 11.8 Å². The Morgan fingerprint density at radius 3 is 2.23 bits per heavy atom. The molecule has 1 rings (SSSR count). The van der Waals surface area contributed by atoms with Crippen LogP contribution in [0.15, 0.2) is 24.3 Å². The molecule has 2 atom stereocenters. The summed E-state index contributed by atoms with van der Waals surface area (Å²) in [5.41, 5.74) is 0.690. The van der Waals surface area contributed by atoms with Gasteiger partial charge < -0.3 is 19.9 Å². The van der Waals surface area contributed by atoms with Crippen LogP contribution in [0.5, 0.6) is 5.75 Å². The van der Waals surface area contributed by atoms with Crippen molar-refractivity contribution >= 4 is 12.1 Å². The molecule has 0 unspecified atom stereocenters. The molecule has 0 heterocycles. The van der Waals surface area contributed by atoms with Gasteiger partial charge in [0, 0.05) is 0 Å². The van der Waals surface area contributed by atoms with Gasteiger partial charge in [-0.3, -0.25) is 4.79 Å². The lowest BCUT2D eigenvalue weighted by Gasteiger charge is -2.28. The highest BCUT2D eigenvalue weighted by Crippen LogP contribution is 2.29. The molecule has 1 aromatic carbocycles. The van der Waals surface area contributed by atoms with Gasteiger partial charge in [0.15, 0.2) is 0 Å². The maximum absolute atomic E-state index is 11.7. The number of hydrogen-bond acceptors (Lipinski definition) is 4. The van der Waals surface area contributed by atoms with E-state index < -0.39 is 24.0 Å². The fraction of sp³-hybridized carbons (Fsp3) is 0.500. The maximum Gasteiger partial charge on any atom is 0.407 e. The van der Waals surface area contributed by atoms with E-state index in [0.29, 0.717) is 11.3 Å². The van der Waals surface area contributed by atoms with Gasteiger partial charge in [-0.15, -0.1) is 0 Å². The molecule has 1 amide bonds. The van der Waals surface area contributed by atoms with Crippen molar-refractivity contribution < 1.29 is 24.2 Å². The average Bonchev–Trinajstić information content (AvgIpc) is 2.46. The molecule has 0 bridgehead atoms. The Labute approximate surface area is 130 Å². The van der Waals surface area contributed by atoms with E-state index in [-0.39, 0.29) is 12.5 Å². The molecule has 122 valence electrons. The van der Waals surface area contributed by atoms with Crippen molar-refractivity contribution in [3.8, 4) is 5.75 Å². The molecule has 0 aliphatic carbocycles. The van der Waals surface area contributed by atoms with E-state index in [0.717, 1.165) is 0 Å². The highest BCUT2D eigenvalue weighted by molar-refractivity contribution is 5.74. The molecule has 0 spiro atoms. The first-order valence-corrected chi connectivity index (χ1v) is 7.20. The normalized spacial score (nSPS) is 13.3. The highest BCUT2D eigenvalue weighted by Gasteiger charge is 2.33. The van der Waals surface area contributed by atoms with Crippen LogP contribution in [-0.2, 0) is 9.53 Å². The molecule has 0 aromatic heterocycles. The zero-order valence-electron chi connectivity index (χ0n) is 13.3. The van der Waals surface area contributed by atoms with Gasteiger partial charge in [-0.1, -0.05) is 26.0 Å². The lowest BCUT2D eigenvalue weighted by molar-refractivity contribution is -0.144. The minimum absolute atomic E-state index is 0.161. The van der Waals surface area contributed by atoms with Crippen LogP contribution in [0, 0.1) is 11.8 Å². The largest absolute Gasteiger partial charge is 0.497 e. The Bertz CT molecular complexity index is 498. The first kappa shape index (κ1) is 17.8. The summed E-state index contributed by atoms with van der Waals surface area (Å²) in [5, 5.41) is 12.2. The summed E-state index contributed by atoms with van der Waals surface area (Å²) in [5.74, 6) is -1.23. The van der Waals surface area contributed by atoms with Gasteiger partial charge in [0.1, 0.15) is 5.75 Å². The minimum atomic E-state index is -0.965. The molecular weight excluding hydrogens is 286 g/mol. The molecule has 22 heavy (non-hydrogen) atoms. The van der Waals surface area contributed by atoms with Crippen molar-refractivity contribution in [3.63, 3.8) is 0 Å². The van der Waals surface area contributed by atoms with Crippen LogP contribution in [0.25, 0.3) is 0 Å². The van der Waals surface area contributed by atoms with E-state index in [1.807, 2.05) is 13.8 Å². The highest BCUT2D eigenvalue weighted by atomic mass is 16.5. The van der Waals surface area contributed by atoms with E-state index in [4.69, 9.17) is 9.47 Å². The predicted octanol–water partition coefficient (Wildman–Crippen LogP) is 2.84. The number of carboxylic acids is 1. The number of ether oxygens (including phenoxy) is 2. The second-order valence-corrected chi connectivity index (χ2v) is 5.22. The number of methoxy groups -OCH3 is 1. The maximum atomic E-state index is 11.7. The van der Waals surface area contributed by atoms with Crippen molar-refractivity contribution in [2.45, 2.75) is 26.8 Å². The summed E-state index contributed by atoms with van der Waals surface area (Å²) in [6.45, 7) is 5.53. The zero-order chi connectivity index (χ0) is 16.7. The number of aliphatic carboxylic acids is 1. The number of carbonyl (C=O) groups is 2. The summed E-state index contributed by atoms with van der Waals surface area (Å²) in [7, 11) is 1.55. The first-order chi connectivity index (χ1) is 10.4. The van der Waals surface area contributed by atoms with Gasteiger partial charge in [-0.2, -0.15) is 0 Å². The summed E-state index contributed by atoms with van der Waals surface area (Å²) in [4.78, 5) is 23.3. The number of benzene rings is 1. The number of nitrogens with one attached hydrogen (secondary N) is 1. The molecule has 0 saturated heterocycles. The summed E-state index contributed by atoms with van der Waals surface area (Å²) >= 11 is 0. The fourth-order valence-corrected chi connectivity index (χ4v) is 2.30. The van der Waals surface area contributed by atoms with Crippen LogP contribution in [-0.4, -0.2) is 30.9 Å². The molecule has 0 aliphatic heterocycles. The molecule has 0 aliphatic rings. The zero-order valence-corrected chi connectivity index (χ0v) is 13.3. The lowest BCUT2D eigenvalue weighted by atomic mass is 9.84. The van der Waals surface area contributed by atoms with Gasteiger partial charge in [0.25, 0.3) is 0 Å². The van der Waals surface area contributed by atoms with E-state index >= 15 is 0 Å². The second-order valence-electron chi connectivity index (χ2n) is 5.22. The Morgan fingerprint density at radius 1 is 1.23 bits per heavy atom. The molecule has 1 aromatic rings. The molecule has 0 fully saturated rings. The van der Waals surface area contributed by atoms with Crippen LogP contribution in [0.3, 0.4) is 0 Å². The van der Waals surface area contributed by atoms with Gasteiger partial charge >= 0.3 is 12.1 Å². The van der Waals surface area contributed by atoms with E-state index in [2.05, 4.69) is 5.32 Å². The van der Waals surface area contributed by atoms with Gasteiger partial charge in [-0.25, -0.2) is 4.79 Å². The number of carboxylic acid groups (broad SMARTS) is 1. The number of hydrogen-bond donors (Lipinski definition) is 2. The summed E-state index contributed by atoms with van der Waals surface area (Å²) in [6, 6.07) is 6.27. The van der Waals surface area contributed by atoms with Crippen molar-refractivity contribution in [1.29, 1.82) is 0 Å². The molecule has 6 nitrogen and oxygen atoms in total. The second kappa shape index (κ2) is 8.26. The van der Waals surface area contributed by atoms with Crippen molar-refractivity contribution in [2.75, 3.05) is 13.7 Å². The Morgan fingerprint density at radius 2 is 1.82 bits per heavy atom. The topological polar surface area (TPSA) is 84.9 Å². The molecular formula is C16H23NO5. The standard InChI is InChI=1S/C16H23NO5/c1-5-22-16(20)17-14(13(10(2)3)15(18)19)11-6-8-12(21-4)9-7-11/h6-10,13-14H,5H2,1-4H3,(H,17,20)(H,18,19)/t13-,14+/m0/s1. The number of carbonyl (C=O) groups excluding carboxylic acids is 1. The number of amides is 1. The quantitative estimate of drug-likeness (QED) is 0.809. The summed E-state index contributed by atoms with van der Waals surface area (Å²) in [6.07, 6.45) is -0.629. The first-order valence-electron chi connectivity index (χ1n) is 7.20. The SMILES string of the molecule is CCOC(=O)N[C@H](c1ccc(OC)cc1)[C@@H](C(=O)O)C(C)C. The van der Waals surface area contributed by atoms with Gasteiger partial charge in [0.05, 0.1) is 25.7 Å². The molecule has 0 radical (unpaired) electrons. The third kappa shape index (κ3) is 4.65. The Balaban J connectivity index is 3.12. The van der Waals surface area contributed by atoms with Gasteiger partial charge in [0.2, 0.25) is 0 Å². The minimum Gasteiger partial charge on any atom is -0.497 e. The molecule has 0 saturated carbocycles. The van der Waals surface area contributed by atoms with Crippen LogP contribution in [0.2, 0.25) is 0 Å². The number of alkyl carbamates (subject to hydrolysis) is 1.